The number of halogens is 2. The molecule has 6 nitrogen and oxygen atoms in total. The fourth-order valence-corrected chi connectivity index (χ4v) is 2.44. The number of nitrogens with zero attached hydrogens (tertiary/aromatic N) is 4. The van der Waals surface area contributed by atoms with Crippen molar-refractivity contribution in [3.8, 4) is 0 Å². The summed E-state index contributed by atoms with van der Waals surface area (Å²) in [6, 6.07) is 1.86. The van der Waals surface area contributed by atoms with Gasteiger partial charge in [0.15, 0.2) is 0 Å². The summed E-state index contributed by atoms with van der Waals surface area (Å²) < 4.78 is 5.86. The number of aryl methyl sites for hydroxylation is 2. The van der Waals surface area contributed by atoms with Crippen molar-refractivity contribution in [2.24, 2.45) is 5.92 Å². The molecule has 1 saturated carbocycles. The molecule has 2 aromatic heterocycles. The summed E-state index contributed by atoms with van der Waals surface area (Å²) in [7, 11) is 0. The molecular weight excluding hydrogens is 303 g/mol. The van der Waals surface area contributed by atoms with Gasteiger partial charge in [-0.15, -0.1) is 28.3 Å². The number of alkyl halides is 2. The molecule has 2 aromatic rings. The topological polar surface area (TPSA) is 69.4 Å². The van der Waals surface area contributed by atoms with E-state index in [2.05, 4.69) is 15.1 Å². The Hall–Kier alpha value is -1.40. The number of aromatic nitrogens is 4. The molecule has 0 N–H and O–H groups in total. The summed E-state index contributed by atoms with van der Waals surface area (Å²) in [4.78, 5) is 20.2. The first-order valence-electron chi connectivity index (χ1n) is 6.13. The standard InChI is InChI=1S/C12H12Cl2N4O2/c1-6-3-7(2)18-11(15-6)16-9(17-18)10(19)20-5-8-4-12(8,13)14/h3,8H,4-5H2,1-2H3. The summed E-state index contributed by atoms with van der Waals surface area (Å²) >= 11 is 11.7. The van der Waals surface area contributed by atoms with Gasteiger partial charge in [-0.25, -0.2) is 14.3 Å². The quantitative estimate of drug-likeness (QED) is 0.641. The van der Waals surface area contributed by atoms with E-state index in [1.54, 1.807) is 0 Å². The fourth-order valence-electron chi connectivity index (χ4n) is 1.94. The summed E-state index contributed by atoms with van der Waals surface area (Å²) in [6.07, 6.45) is 0.627. The average molecular weight is 315 g/mol. The van der Waals surface area contributed by atoms with Gasteiger partial charge in [0.05, 0.1) is 6.61 Å². The maximum absolute atomic E-state index is 11.9. The van der Waals surface area contributed by atoms with Crippen LogP contribution in [0, 0.1) is 19.8 Å². The molecule has 0 bridgehead atoms. The first kappa shape index (κ1) is 13.6. The van der Waals surface area contributed by atoms with E-state index < -0.39 is 10.3 Å². The smallest absolute Gasteiger partial charge is 0.378 e. The molecule has 0 saturated heterocycles. The second kappa shape index (κ2) is 4.56. The molecule has 8 heteroatoms. The average Bonchev–Trinajstić information content (AvgIpc) is 2.79. The number of hydrogen-bond donors (Lipinski definition) is 0. The predicted octanol–water partition coefficient (Wildman–Crippen LogP) is 2.09. The highest BCUT2D eigenvalue weighted by atomic mass is 35.5. The number of carbonyl (C=O) groups excluding carboxylic acids is 1. The van der Waals surface area contributed by atoms with Gasteiger partial charge in [0, 0.05) is 17.3 Å². The maximum atomic E-state index is 11.9. The van der Waals surface area contributed by atoms with Crippen molar-refractivity contribution in [3.63, 3.8) is 0 Å². The van der Waals surface area contributed by atoms with E-state index in [0.717, 1.165) is 11.4 Å². The normalized spacial score (nSPS) is 20.1. The predicted molar refractivity (Wildman–Crippen MR) is 73.1 cm³/mol. The third kappa shape index (κ3) is 2.45. The van der Waals surface area contributed by atoms with Crippen LogP contribution < -0.4 is 0 Å². The SMILES string of the molecule is Cc1cc(C)n2nc(C(=O)OCC3CC3(Cl)Cl)nc2n1. The van der Waals surface area contributed by atoms with E-state index in [-0.39, 0.29) is 18.3 Å². The van der Waals surface area contributed by atoms with E-state index in [9.17, 15) is 4.79 Å². The van der Waals surface area contributed by atoms with E-state index in [1.165, 1.54) is 4.52 Å². The Morgan fingerprint density at radius 3 is 2.85 bits per heavy atom. The van der Waals surface area contributed by atoms with Crippen LogP contribution >= 0.6 is 23.2 Å². The summed E-state index contributed by atoms with van der Waals surface area (Å²) in [6.45, 7) is 3.89. The molecule has 0 spiro atoms. The monoisotopic (exact) mass is 314 g/mol. The van der Waals surface area contributed by atoms with Crippen molar-refractivity contribution in [3.05, 3.63) is 23.3 Å². The van der Waals surface area contributed by atoms with Gasteiger partial charge >= 0.3 is 5.97 Å². The van der Waals surface area contributed by atoms with Crippen molar-refractivity contribution in [2.75, 3.05) is 6.61 Å². The van der Waals surface area contributed by atoms with Crippen LogP contribution in [0.25, 0.3) is 5.78 Å². The molecule has 1 aliphatic rings. The van der Waals surface area contributed by atoms with Crippen LogP contribution in [0.4, 0.5) is 0 Å². The summed E-state index contributed by atoms with van der Waals surface area (Å²) in [5.41, 5.74) is 1.66. The van der Waals surface area contributed by atoms with Crippen molar-refractivity contribution < 1.29 is 9.53 Å². The van der Waals surface area contributed by atoms with Crippen LogP contribution in [-0.2, 0) is 4.74 Å². The van der Waals surface area contributed by atoms with Gasteiger partial charge < -0.3 is 4.74 Å². The summed E-state index contributed by atoms with van der Waals surface area (Å²) in [5, 5.41) is 4.09. The van der Waals surface area contributed by atoms with Gasteiger partial charge in [-0.3, -0.25) is 0 Å². The van der Waals surface area contributed by atoms with Gasteiger partial charge in [-0.2, -0.15) is 4.98 Å². The lowest BCUT2D eigenvalue weighted by Crippen LogP contribution is -2.11. The molecule has 0 radical (unpaired) electrons. The maximum Gasteiger partial charge on any atom is 0.378 e. The second-order valence-electron chi connectivity index (χ2n) is 4.95. The molecule has 1 fully saturated rings. The minimum Gasteiger partial charge on any atom is -0.459 e. The van der Waals surface area contributed by atoms with Crippen LogP contribution in [0.3, 0.4) is 0 Å². The zero-order valence-electron chi connectivity index (χ0n) is 10.9. The molecular formula is C12H12Cl2N4O2. The number of rotatable bonds is 3. The van der Waals surface area contributed by atoms with Crippen LogP contribution in [0.5, 0.6) is 0 Å². The Morgan fingerprint density at radius 1 is 1.50 bits per heavy atom. The third-order valence-electron chi connectivity index (χ3n) is 3.17. The Morgan fingerprint density at radius 2 is 2.20 bits per heavy atom. The second-order valence-corrected chi connectivity index (χ2v) is 6.49. The number of fused-ring (bicyclic) bond motifs is 1. The lowest BCUT2D eigenvalue weighted by Gasteiger charge is -2.01. The molecule has 106 valence electrons. The molecule has 1 atom stereocenters. The first-order chi connectivity index (χ1) is 9.37. The van der Waals surface area contributed by atoms with Gasteiger partial charge in [0.1, 0.15) is 4.33 Å². The highest BCUT2D eigenvalue weighted by Gasteiger charge is 2.52. The molecule has 2 heterocycles. The van der Waals surface area contributed by atoms with E-state index in [0.29, 0.717) is 12.2 Å². The third-order valence-corrected chi connectivity index (χ3v) is 4.10. The number of esters is 1. The van der Waals surface area contributed by atoms with E-state index in [4.69, 9.17) is 27.9 Å². The molecule has 1 aliphatic carbocycles. The number of carbonyl (C=O) groups is 1. The Bertz CT molecular complexity index is 698. The largest absolute Gasteiger partial charge is 0.459 e. The van der Waals surface area contributed by atoms with Crippen LogP contribution in [0.2, 0.25) is 0 Å². The molecule has 1 unspecified atom stereocenters. The Balaban J connectivity index is 1.76. The lowest BCUT2D eigenvalue weighted by molar-refractivity contribution is 0.0471. The minimum atomic E-state index is -0.762. The van der Waals surface area contributed by atoms with Gasteiger partial charge in [0.2, 0.25) is 0 Å². The Labute approximate surface area is 125 Å². The number of hydrogen-bond acceptors (Lipinski definition) is 5. The zero-order chi connectivity index (χ0) is 14.5. The highest BCUT2D eigenvalue weighted by Crippen LogP contribution is 2.53. The molecule has 0 amide bonds. The van der Waals surface area contributed by atoms with Crippen molar-refractivity contribution in [2.45, 2.75) is 24.6 Å². The van der Waals surface area contributed by atoms with Crippen molar-refractivity contribution in [1.29, 1.82) is 0 Å². The number of ether oxygens (including phenoxy) is 1. The van der Waals surface area contributed by atoms with Crippen LogP contribution in [0.1, 0.15) is 28.4 Å². The Kier molecular flexibility index (Phi) is 3.10. The van der Waals surface area contributed by atoms with Gasteiger partial charge in [-0.05, 0) is 26.3 Å². The summed E-state index contributed by atoms with van der Waals surface area (Å²) in [5.74, 6) is -0.246. The first-order valence-corrected chi connectivity index (χ1v) is 6.88. The fraction of sp³-hybridized carbons (Fsp3) is 0.500. The van der Waals surface area contributed by atoms with Gasteiger partial charge in [-0.1, -0.05) is 0 Å². The molecule has 3 rings (SSSR count). The van der Waals surface area contributed by atoms with E-state index >= 15 is 0 Å². The van der Waals surface area contributed by atoms with Crippen molar-refractivity contribution >= 4 is 34.9 Å². The zero-order valence-corrected chi connectivity index (χ0v) is 12.4. The molecule has 0 aromatic carbocycles. The lowest BCUT2D eigenvalue weighted by atomic mass is 10.4. The van der Waals surface area contributed by atoms with Crippen LogP contribution in [-0.4, -0.2) is 36.5 Å². The highest BCUT2D eigenvalue weighted by molar-refractivity contribution is 6.50. The van der Waals surface area contributed by atoms with E-state index in [1.807, 2.05) is 19.9 Å². The van der Waals surface area contributed by atoms with Crippen LogP contribution in [0.15, 0.2) is 6.07 Å². The van der Waals surface area contributed by atoms with Gasteiger partial charge in [0.25, 0.3) is 11.6 Å². The molecule has 0 aliphatic heterocycles. The molecule has 20 heavy (non-hydrogen) atoms. The van der Waals surface area contributed by atoms with Crippen molar-refractivity contribution in [1.82, 2.24) is 19.6 Å². The minimum absolute atomic E-state index is 0.0124.